The number of ether oxygens (including phenoxy) is 2. The van der Waals surface area contributed by atoms with Gasteiger partial charge >= 0.3 is 0 Å². The molecule has 0 unspecified atom stereocenters. The molecule has 1 heterocycles. The second-order valence-electron chi connectivity index (χ2n) is 7.67. The summed E-state index contributed by atoms with van der Waals surface area (Å²) >= 11 is 1.48. The zero-order valence-corrected chi connectivity index (χ0v) is 20.7. The molecular formula is C26H33N3O3S. The number of methoxy groups -OCH3 is 2. The standard InChI is InChI=1S/C26H33N3O3S/c1-5-28(6-2)15-10-16-29(25(30)17-20-11-8-7-9-12-20)26-27-23(19-33-26)22-18-21(31-3)13-14-24(22)32-4/h7-9,11-14,18-19H,5-6,10,15-17H2,1-4H3. The minimum absolute atomic E-state index is 0.0549. The first kappa shape index (κ1) is 24.7. The number of rotatable bonds is 12. The Hall–Kier alpha value is -2.90. The Morgan fingerprint density at radius 1 is 1.00 bits per heavy atom. The SMILES string of the molecule is CCN(CC)CCCN(C(=O)Cc1ccccc1)c1nc(-c2cc(OC)ccc2OC)cs1. The molecule has 7 heteroatoms. The number of aromatic nitrogens is 1. The van der Waals surface area contributed by atoms with Gasteiger partial charge in [-0.3, -0.25) is 9.69 Å². The maximum Gasteiger partial charge on any atom is 0.233 e. The van der Waals surface area contributed by atoms with Crippen LogP contribution in [0.15, 0.2) is 53.9 Å². The van der Waals surface area contributed by atoms with Crippen LogP contribution in [0.5, 0.6) is 11.5 Å². The number of nitrogens with zero attached hydrogens (tertiary/aromatic N) is 3. The lowest BCUT2D eigenvalue weighted by Gasteiger charge is -2.23. The predicted octanol–water partition coefficient (Wildman–Crippen LogP) is 5.13. The van der Waals surface area contributed by atoms with Crippen molar-refractivity contribution in [2.24, 2.45) is 0 Å². The fraction of sp³-hybridized carbons (Fsp3) is 0.385. The highest BCUT2D eigenvalue weighted by Gasteiger charge is 2.21. The number of carbonyl (C=O) groups is 1. The van der Waals surface area contributed by atoms with Crippen molar-refractivity contribution in [2.75, 3.05) is 45.3 Å². The Morgan fingerprint density at radius 3 is 2.42 bits per heavy atom. The smallest absolute Gasteiger partial charge is 0.233 e. The lowest BCUT2D eigenvalue weighted by Crippen LogP contribution is -2.35. The third-order valence-electron chi connectivity index (χ3n) is 5.66. The van der Waals surface area contributed by atoms with E-state index in [4.69, 9.17) is 14.5 Å². The largest absolute Gasteiger partial charge is 0.497 e. The maximum atomic E-state index is 13.3. The van der Waals surface area contributed by atoms with Crippen molar-refractivity contribution in [3.63, 3.8) is 0 Å². The third kappa shape index (κ3) is 6.55. The topological polar surface area (TPSA) is 54.9 Å². The number of carbonyl (C=O) groups excluding carboxylic acids is 1. The Bertz CT molecular complexity index is 1020. The third-order valence-corrected chi connectivity index (χ3v) is 6.52. The van der Waals surface area contributed by atoms with Gasteiger partial charge in [-0.05, 0) is 49.8 Å². The first-order chi connectivity index (χ1) is 16.1. The normalized spacial score (nSPS) is 10.9. The number of hydrogen-bond donors (Lipinski definition) is 0. The van der Waals surface area contributed by atoms with Crippen molar-refractivity contribution in [1.29, 1.82) is 0 Å². The van der Waals surface area contributed by atoms with E-state index in [0.29, 0.717) is 18.1 Å². The summed E-state index contributed by atoms with van der Waals surface area (Å²) in [6.45, 7) is 7.91. The summed E-state index contributed by atoms with van der Waals surface area (Å²) in [7, 11) is 3.28. The van der Waals surface area contributed by atoms with E-state index in [1.807, 2.05) is 58.8 Å². The summed E-state index contributed by atoms with van der Waals surface area (Å²) in [4.78, 5) is 22.4. The van der Waals surface area contributed by atoms with Crippen molar-refractivity contribution >= 4 is 22.4 Å². The zero-order valence-electron chi connectivity index (χ0n) is 19.9. The zero-order chi connectivity index (χ0) is 23.6. The summed E-state index contributed by atoms with van der Waals surface area (Å²) in [6, 6.07) is 15.5. The molecule has 176 valence electrons. The van der Waals surface area contributed by atoms with Gasteiger partial charge in [0.05, 0.1) is 26.3 Å². The Labute approximate surface area is 200 Å². The molecule has 0 saturated carbocycles. The van der Waals surface area contributed by atoms with Crippen LogP contribution < -0.4 is 14.4 Å². The highest BCUT2D eigenvalue weighted by atomic mass is 32.1. The van der Waals surface area contributed by atoms with Crippen LogP contribution in [0, 0.1) is 0 Å². The van der Waals surface area contributed by atoms with Gasteiger partial charge in [0.25, 0.3) is 0 Å². The summed E-state index contributed by atoms with van der Waals surface area (Å²) in [6.07, 6.45) is 1.24. The molecule has 0 atom stereocenters. The molecule has 0 bridgehead atoms. The number of amides is 1. The molecule has 2 aromatic carbocycles. The van der Waals surface area contributed by atoms with E-state index >= 15 is 0 Å². The van der Waals surface area contributed by atoms with E-state index in [1.54, 1.807) is 14.2 Å². The summed E-state index contributed by atoms with van der Waals surface area (Å²) in [5.41, 5.74) is 2.62. The van der Waals surface area contributed by atoms with Gasteiger partial charge in [-0.25, -0.2) is 4.98 Å². The fourth-order valence-electron chi connectivity index (χ4n) is 3.71. The summed E-state index contributed by atoms with van der Waals surface area (Å²) in [5, 5.41) is 2.68. The molecule has 0 saturated heterocycles. The fourth-order valence-corrected chi connectivity index (χ4v) is 4.58. The lowest BCUT2D eigenvalue weighted by atomic mass is 10.1. The van der Waals surface area contributed by atoms with E-state index in [9.17, 15) is 4.79 Å². The molecule has 1 aromatic heterocycles. The Morgan fingerprint density at radius 2 is 1.76 bits per heavy atom. The molecule has 0 aliphatic heterocycles. The van der Waals surface area contributed by atoms with Crippen LogP contribution in [0.1, 0.15) is 25.8 Å². The van der Waals surface area contributed by atoms with Crippen LogP contribution in [0.25, 0.3) is 11.3 Å². The molecular weight excluding hydrogens is 434 g/mol. The molecule has 0 N–H and O–H groups in total. The maximum absolute atomic E-state index is 13.3. The van der Waals surface area contributed by atoms with Crippen LogP contribution >= 0.6 is 11.3 Å². The van der Waals surface area contributed by atoms with Crippen molar-refractivity contribution in [2.45, 2.75) is 26.7 Å². The molecule has 0 spiro atoms. The molecule has 0 aliphatic carbocycles. The summed E-state index contributed by atoms with van der Waals surface area (Å²) < 4.78 is 10.9. The molecule has 3 aromatic rings. The van der Waals surface area contributed by atoms with Crippen LogP contribution in [0.2, 0.25) is 0 Å². The number of thiazole rings is 1. The van der Waals surface area contributed by atoms with Gasteiger partial charge in [-0.15, -0.1) is 11.3 Å². The highest BCUT2D eigenvalue weighted by molar-refractivity contribution is 7.14. The van der Waals surface area contributed by atoms with E-state index in [-0.39, 0.29) is 5.91 Å². The van der Waals surface area contributed by atoms with Crippen LogP contribution in [0.3, 0.4) is 0 Å². The molecule has 1 amide bonds. The quantitative estimate of drug-likeness (QED) is 0.369. The van der Waals surface area contributed by atoms with E-state index in [1.165, 1.54) is 11.3 Å². The Kier molecular flexibility index (Phi) is 9.27. The van der Waals surface area contributed by atoms with E-state index in [2.05, 4.69) is 18.7 Å². The second-order valence-corrected chi connectivity index (χ2v) is 8.51. The van der Waals surface area contributed by atoms with Crippen molar-refractivity contribution < 1.29 is 14.3 Å². The average Bonchev–Trinajstić information content (AvgIpc) is 3.34. The molecule has 6 nitrogen and oxygen atoms in total. The van der Waals surface area contributed by atoms with Gasteiger partial charge in [0, 0.05) is 17.5 Å². The minimum atomic E-state index is 0.0549. The number of hydrogen-bond acceptors (Lipinski definition) is 6. The van der Waals surface area contributed by atoms with Gasteiger partial charge in [-0.1, -0.05) is 44.2 Å². The first-order valence-electron chi connectivity index (χ1n) is 11.3. The van der Waals surface area contributed by atoms with Gasteiger partial charge in [0.1, 0.15) is 11.5 Å². The van der Waals surface area contributed by atoms with Gasteiger partial charge < -0.3 is 14.4 Å². The van der Waals surface area contributed by atoms with Crippen molar-refractivity contribution in [3.05, 3.63) is 59.5 Å². The minimum Gasteiger partial charge on any atom is -0.497 e. The average molecular weight is 468 g/mol. The summed E-state index contributed by atoms with van der Waals surface area (Å²) in [5.74, 6) is 1.51. The molecule has 3 rings (SSSR count). The predicted molar refractivity (Wildman–Crippen MR) is 136 cm³/mol. The first-order valence-corrected chi connectivity index (χ1v) is 12.2. The van der Waals surface area contributed by atoms with Gasteiger partial charge in [0.15, 0.2) is 5.13 Å². The van der Waals surface area contributed by atoms with Crippen LogP contribution in [-0.4, -0.2) is 56.2 Å². The lowest BCUT2D eigenvalue weighted by molar-refractivity contribution is -0.118. The number of benzene rings is 2. The van der Waals surface area contributed by atoms with Crippen LogP contribution in [0.4, 0.5) is 5.13 Å². The molecule has 0 aliphatic rings. The van der Waals surface area contributed by atoms with Crippen LogP contribution in [-0.2, 0) is 11.2 Å². The number of anilines is 1. The molecule has 0 radical (unpaired) electrons. The van der Waals surface area contributed by atoms with E-state index < -0.39 is 0 Å². The molecule has 33 heavy (non-hydrogen) atoms. The van der Waals surface area contributed by atoms with Gasteiger partial charge in [-0.2, -0.15) is 0 Å². The Balaban J connectivity index is 1.86. The molecule has 0 fully saturated rings. The second kappa shape index (κ2) is 12.4. The van der Waals surface area contributed by atoms with E-state index in [0.717, 1.165) is 54.4 Å². The van der Waals surface area contributed by atoms with Gasteiger partial charge in [0.2, 0.25) is 5.91 Å². The van der Waals surface area contributed by atoms with Crippen molar-refractivity contribution in [3.8, 4) is 22.8 Å². The monoisotopic (exact) mass is 467 g/mol. The highest BCUT2D eigenvalue weighted by Crippen LogP contribution is 2.36. The van der Waals surface area contributed by atoms with Crippen molar-refractivity contribution in [1.82, 2.24) is 9.88 Å².